The van der Waals surface area contributed by atoms with E-state index in [9.17, 15) is 14.7 Å². The van der Waals surface area contributed by atoms with Crippen LogP contribution >= 0.6 is 0 Å². The number of amides is 1. The fourth-order valence-electron chi connectivity index (χ4n) is 3.38. The highest BCUT2D eigenvalue weighted by atomic mass is 16.5. The molecule has 6 heteroatoms. The molecule has 162 valence electrons. The number of carbonyl (C=O) groups is 1. The quantitative estimate of drug-likeness (QED) is 0.405. The molecule has 1 aromatic heterocycles. The average Bonchev–Trinajstić information content (AvgIpc) is 2.76. The van der Waals surface area contributed by atoms with Crippen LogP contribution in [0.4, 0.5) is 0 Å². The Morgan fingerprint density at radius 3 is 2.65 bits per heavy atom. The summed E-state index contributed by atoms with van der Waals surface area (Å²) in [6.45, 7) is 7.71. The predicted molar refractivity (Wildman–Crippen MR) is 120 cm³/mol. The lowest BCUT2D eigenvalue weighted by molar-refractivity contribution is -0.122. The molecule has 0 fully saturated rings. The molecule has 0 bridgehead atoms. The molecule has 31 heavy (non-hydrogen) atoms. The summed E-state index contributed by atoms with van der Waals surface area (Å²) in [4.78, 5) is 25.0. The van der Waals surface area contributed by atoms with Gasteiger partial charge in [-0.15, -0.1) is 0 Å². The van der Waals surface area contributed by atoms with Crippen LogP contribution in [-0.4, -0.2) is 24.2 Å². The van der Waals surface area contributed by atoms with E-state index in [0.717, 1.165) is 22.1 Å². The zero-order valence-electron chi connectivity index (χ0n) is 17.8. The van der Waals surface area contributed by atoms with E-state index >= 15 is 0 Å². The summed E-state index contributed by atoms with van der Waals surface area (Å²) in [6.07, 6.45) is 0.358. The predicted octanol–water partition coefficient (Wildman–Crippen LogP) is 3.84. The molecular formula is C25H27NO5. The second-order valence-electron chi connectivity index (χ2n) is 7.61. The Kier molecular flexibility index (Phi) is 7.26. The Morgan fingerprint density at radius 1 is 1.23 bits per heavy atom. The number of nitrogens with one attached hydrogen (secondary N) is 1. The van der Waals surface area contributed by atoms with Crippen molar-refractivity contribution in [2.24, 2.45) is 0 Å². The minimum atomic E-state index is -0.486. The maximum atomic E-state index is 12.6. The van der Waals surface area contributed by atoms with Gasteiger partial charge < -0.3 is 19.6 Å². The van der Waals surface area contributed by atoms with Crippen molar-refractivity contribution in [3.8, 4) is 5.75 Å². The summed E-state index contributed by atoms with van der Waals surface area (Å²) >= 11 is 0. The van der Waals surface area contributed by atoms with E-state index in [0.29, 0.717) is 23.5 Å². The van der Waals surface area contributed by atoms with E-state index in [1.807, 2.05) is 56.3 Å². The SMILES string of the molecule is C=C(C)COc1ccc2c(C)c(CCC(=O)N[C@H](CO)c3ccccc3)c(=O)oc2c1. The molecule has 0 saturated carbocycles. The van der Waals surface area contributed by atoms with Crippen LogP contribution in [0.3, 0.4) is 0 Å². The molecule has 1 atom stereocenters. The monoisotopic (exact) mass is 421 g/mol. The third-order valence-electron chi connectivity index (χ3n) is 5.07. The molecule has 0 aliphatic heterocycles. The van der Waals surface area contributed by atoms with Gasteiger partial charge in [-0.05, 0) is 49.1 Å². The van der Waals surface area contributed by atoms with Crippen LogP contribution in [0.1, 0.15) is 36.1 Å². The first-order chi connectivity index (χ1) is 14.9. The molecular weight excluding hydrogens is 394 g/mol. The van der Waals surface area contributed by atoms with Gasteiger partial charge in [0.25, 0.3) is 0 Å². The fraction of sp³-hybridized carbons (Fsp3) is 0.280. The summed E-state index contributed by atoms with van der Waals surface area (Å²) in [5.41, 5.74) is 2.95. The number of benzene rings is 2. The molecule has 2 aromatic carbocycles. The van der Waals surface area contributed by atoms with E-state index in [-0.39, 0.29) is 25.4 Å². The number of rotatable bonds is 9. The maximum absolute atomic E-state index is 12.6. The van der Waals surface area contributed by atoms with Gasteiger partial charge in [0.1, 0.15) is 17.9 Å². The van der Waals surface area contributed by atoms with Crippen molar-refractivity contribution in [3.05, 3.63) is 87.8 Å². The Labute approximate surface area is 181 Å². The van der Waals surface area contributed by atoms with Crippen LogP contribution in [0, 0.1) is 6.92 Å². The van der Waals surface area contributed by atoms with Crippen molar-refractivity contribution in [2.75, 3.05) is 13.2 Å². The van der Waals surface area contributed by atoms with Crippen LogP contribution < -0.4 is 15.7 Å². The van der Waals surface area contributed by atoms with Gasteiger partial charge in [0.05, 0.1) is 12.6 Å². The van der Waals surface area contributed by atoms with Gasteiger partial charge in [0.2, 0.25) is 5.91 Å². The van der Waals surface area contributed by atoms with Crippen LogP contribution in [0.5, 0.6) is 5.75 Å². The zero-order valence-corrected chi connectivity index (χ0v) is 17.8. The Morgan fingerprint density at radius 2 is 1.97 bits per heavy atom. The molecule has 1 amide bonds. The van der Waals surface area contributed by atoms with Gasteiger partial charge in [0, 0.05) is 23.4 Å². The van der Waals surface area contributed by atoms with E-state index in [4.69, 9.17) is 9.15 Å². The van der Waals surface area contributed by atoms with Crippen LogP contribution in [0.2, 0.25) is 0 Å². The van der Waals surface area contributed by atoms with Crippen molar-refractivity contribution in [1.82, 2.24) is 5.32 Å². The van der Waals surface area contributed by atoms with Gasteiger partial charge >= 0.3 is 5.63 Å². The molecule has 0 aliphatic carbocycles. The zero-order chi connectivity index (χ0) is 22.4. The molecule has 1 heterocycles. The normalized spacial score (nSPS) is 11.8. The molecule has 3 aromatic rings. The highest BCUT2D eigenvalue weighted by Gasteiger charge is 2.16. The summed E-state index contributed by atoms with van der Waals surface area (Å²) in [5, 5.41) is 13.2. The number of hydrogen-bond donors (Lipinski definition) is 2. The average molecular weight is 421 g/mol. The second kappa shape index (κ2) is 10.1. The van der Waals surface area contributed by atoms with Crippen LogP contribution in [0.25, 0.3) is 11.0 Å². The molecule has 0 spiro atoms. The first-order valence-electron chi connectivity index (χ1n) is 10.2. The summed E-state index contributed by atoms with van der Waals surface area (Å²) < 4.78 is 11.1. The summed E-state index contributed by atoms with van der Waals surface area (Å²) in [5.74, 6) is 0.353. The lowest BCUT2D eigenvalue weighted by Crippen LogP contribution is -2.31. The standard InChI is InChI=1S/C25H27NO5/c1-16(2)15-30-19-9-10-20-17(3)21(25(29)31-23(20)13-19)11-12-24(28)26-22(14-27)18-7-5-4-6-8-18/h4-10,13,22,27H,1,11-12,14-15H2,2-3H3,(H,26,28)/t22-/m1/s1. The van der Waals surface area contributed by atoms with Crippen molar-refractivity contribution >= 4 is 16.9 Å². The van der Waals surface area contributed by atoms with Gasteiger partial charge in [0.15, 0.2) is 0 Å². The minimum Gasteiger partial charge on any atom is -0.489 e. The summed E-state index contributed by atoms with van der Waals surface area (Å²) in [7, 11) is 0. The Balaban J connectivity index is 1.72. The molecule has 0 radical (unpaired) electrons. The Hall–Kier alpha value is -3.38. The Bertz CT molecular complexity index is 1130. The topological polar surface area (TPSA) is 88.8 Å². The number of hydrogen-bond acceptors (Lipinski definition) is 5. The van der Waals surface area contributed by atoms with E-state index < -0.39 is 11.7 Å². The lowest BCUT2D eigenvalue weighted by atomic mass is 10.0. The second-order valence-corrected chi connectivity index (χ2v) is 7.61. The van der Waals surface area contributed by atoms with Crippen LogP contribution in [-0.2, 0) is 11.2 Å². The van der Waals surface area contributed by atoms with Crippen molar-refractivity contribution < 1.29 is 19.1 Å². The fourth-order valence-corrected chi connectivity index (χ4v) is 3.38. The first kappa shape index (κ1) is 22.3. The highest BCUT2D eigenvalue weighted by molar-refractivity contribution is 5.83. The largest absolute Gasteiger partial charge is 0.489 e. The molecule has 6 nitrogen and oxygen atoms in total. The van der Waals surface area contributed by atoms with E-state index in [1.54, 1.807) is 6.07 Å². The number of fused-ring (bicyclic) bond motifs is 1. The van der Waals surface area contributed by atoms with Gasteiger partial charge in [-0.25, -0.2) is 4.79 Å². The highest BCUT2D eigenvalue weighted by Crippen LogP contribution is 2.25. The number of aryl methyl sites for hydroxylation is 1. The third-order valence-corrected chi connectivity index (χ3v) is 5.07. The summed E-state index contributed by atoms with van der Waals surface area (Å²) in [6, 6.07) is 14.1. The van der Waals surface area contributed by atoms with Gasteiger partial charge in [-0.1, -0.05) is 36.9 Å². The van der Waals surface area contributed by atoms with Gasteiger partial charge in [-0.2, -0.15) is 0 Å². The number of aliphatic hydroxyl groups is 1. The lowest BCUT2D eigenvalue weighted by Gasteiger charge is -2.17. The smallest absolute Gasteiger partial charge is 0.339 e. The van der Waals surface area contributed by atoms with E-state index in [1.165, 1.54) is 0 Å². The number of ether oxygens (including phenoxy) is 1. The molecule has 0 unspecified atom stereocenters. The molecule has 3 rings (SSSR count). The first-order valence-corrected chi connectivity index (χ1v) is 10.2. The third kappa shape index (κ3) is 5.61. The van der Waals surface area contributed by atoms with Crippen LogP contribution in [0.15, 0.2) is 69.9 Å². The minimum absolute atomic E-state index is 0.111. The van der Waals surface area contributed by atoms with E-state index in [2.05, 4.69) is 11.9 Å². The maximum Gasteiger partial charge on any atom is 0.339 e. The molecule has 2 N–H and O–H groups in total. The van der Waals surface area contributed by atoms with Crippen molar-refractivity contribution in [2.45, 2.75) is 32.7 Å². The van der Waals surface area contributed by atoms with Crippen molar-refractivity contribution in [1.29, 1.82) is 0 Å². The van der Waals surface area contributed by atoms with Gasteiger partial charge in [-0.3, -0.25) is 4.79 Å². The van der Waals surface area contributed by atoms with Crippen molar-refractivity contribution in [3.63, 3.8) is 0 Å². The number of aliphatic hydroxyl groups excluding tert-OH is 1. The molecule has 0 saturated heterocycles. The number of carbonyl (C=O) groups excluding carboxylic acids is 1. The molecule has 0 aliphatic rings.